The van der Waals surface area contributed by atoms with E-state index in [1.165, 1.54) is 6.34 Å². The van der Waals surface area contributed by atoms with Gasteiger partial charge in [0.15, 0.2) is 11.5 Å². The zero-order chi connectivity index (χ0) is 10.6. The first-order chi connectivity index (χ1) is 6.72. The normalized spacial score (nSPS) is 10.5. The van der Waals surface area contributed by atoms with Crippen molar-refractivity contribution in [1.29, 1.82) is 0 Å². The molecular formula is C9H12N2O2S. The zero-order valence-electron chi connectivity index (χ0n) is 8.02. The number of hydrogen-bond acceptors (Lipinski definition) is 4. The highest BCUT2D eigenvalue weighted by molar-refractivity contribution is 7.80. The summed E-state index contributed by atoms with van der Waals surface area (Å²) < 4.78 is 10.2. The van der Waals surface area contributed by atoms with Crippen LogP contribution in [0.25, 0.3) is 0 Å². The predicted molar refractivity (Wildman–Crippen MR) is 59.1 cm³/mol. The van der Waals surface area contributed by atoms with Crippen LogP contribution in [-0.2, 0) is 0 Å². The van der Waals surface area contributed by atoms with Crippen molar-refractivity contribution in [2.24, 2.45) is 10.7 Å². The van der Waals surface area contributed by atoms with Crippen LogP contribution >= 0.6 is 12.6 Å². The van der Waals surface area contributed by atoms with Gasteiger partial charge in [0.2, 0.25) is 0 Å². The first-order valence-electron chi connectivity index (χ1n) is 3.92. The maximum atomic E-state index is 5.19. The van der Waals surface area contributed by atoms with E-state index in [2.05, 4.69) is 17.6 Å². The molecule has 0 fully saturated rings. The van der Waals surface area contributed by atoms with Gasteiger partial charge in [-0.15, -0.1) is 12.6 Å². The minimum Gasteiger partial charge on any atom is -0.493 e. The Hall–Kier alpha value is -1.36. The summed E-state index contributed by atoms with van der Waals surface area (Å²) in [7, 11) is 3.13. The number of hydrogen-bond donors (Lipinski definition) is 2. The minimum atomic E-state index is 0.603. The van der Waals surface area contributed by atoms with E-state index in [9.17, 15) is 0 Å². The molecule has 0 saturated heterocycles. The van der Waals surface area contributed by atoms with Gasteiger partial charge in [0, 0.05) is 11.0 Å². The predicted octanol–water partition coefficient (Wildman–Crippen LogP) is 1.61. The topological polar surface area (TPSA) is 56.8 Å². The molecule has 1 aromatic rings. The third-order valence-electron chi connectivity index (χ3n) is 1.69. The molecule has 0 aliphatic rings. The molecule has 2 N–H and O–H groups in total. The average molecular weight is 212 g/mol. The number of methoxy groups -OCH3 is 2. The summed E-state index contributed by atoms with van der Waals surface area (Å²) in [5, 5.41) is 0. The highest BCUT2D eigenvalue weighted by Crippen LogP contribution is 2.36. The lowest BCUT2D eigenvalue weighted by Gasteiger charge is -2.09. The molecule has 4 nitrogen and oxygen atoms in total. The summed E-state index contributed by atoms with van der Waals surface area (Å²) >= 11 is 4.24. The molecule has 0 unspecified atom stereocenters. The molecule has 0 saturated carbocycles. The Balaban J connectivity index is 3.23. The lowest BCUT2D eigenvalue weighted by Crippen LogP contribution is -1.91. The van der Waals surface area contributed by atoms with Crippen LogP contribution in [0, 0.1) is 0 Å². The molecule has 0 radical (unpaired) electrons. The molecule has 1 aromatic carbocycles. The molecule has 0 amide bonds. The number of ether oxygens (including phenoxy) is 2. The van der Waals surface area contributed by atoms with Crippen LogP contribution in [0.4, 0.5) is 5.69 Å². The van der Waals surface area contributed by atoms with Crippen molar-refractivity contribution in [3.8, 4) is 11.5 Å². The molecule has 1 rings (SSSR count). The number of aliphatic imine (C=N–C) groups is 1. The second kappa shape index (κ2) is 4.76. The summed E-state index contributed by atoms with van der Waals surface area (Å²) in [6.07, 6.45) is 1.21. The van der Waals surface area contributed by atoms with Gasteiger partial charge in [-0.25, -0.2) is 4.99 Å². The fraction of sp³-hybridized carbons (Fsp3) is 0.222. The van der Waals surface area contributed by atoms with Crippen LogP contribution in [0.2, 0.25) is 0 Å². The Kier molecular flexibility index (Phi) is 3.64. The third kappa shape index (κ3) is 2.11. The van der Waals surface area contributed by atoms with Crippen molar-refractivity contribution in [3.63, 3.8) is 0 Å². The molecule has 0 atom stereocenters. The molecule has 0 heterocycles. The van der Waals surface area contributed by atoms with Gasteiger partial charge in [-0.1, -0.05) is 0 Å². The van der Waals surface area contributed by atoms with Gasteiger partial charge in [-0.3, -0.25) is 0 Å². The molecular weight excluding hydrogens is 200 g/mol. The standard InChI is InChI=1S/C9H12N2O2S/c1-12-7-3-6(11-5-10)9(14)4-8(7)13-2/h3-5,14H,1-2H3,(H2,10,11). The van der Waals surface area contributed by atoms with E-state index in [1.807, 2.05) is 0 Å². The lowest BCUT2D eigenvalue weighted by molar-refractivity contribution is 0.354. The number of thiol groups is 1. The quantitative estimate of drug-likeness (QED) is 0.454. The van der Waals surface area contributed by atoms with Gasteiger partial charge in [0.25, 0.3) is 0 Å². The second-order valence-corrected chi connectivity index (χ2v) is 2.96. The van der Waals surface area contributed by atoms with Crippen LogP contribution in [0.15, 0.2) is 22.0 Å². The lowest BCUT2D eigenvalue weighted by atomic mass is 10.3. The Morgan fingerprint density at radius 1 is 1.29 bits per heavy atom. The Morgan fingerprint density at radius 2 is 1.86 bits per heavy atom. The van der Waals surface area contributed by atoms with Crippen LogP contribution in [0.1, 0.15) is 0 Å². The molecule has 0 aliphatic heterocycles. The van der Waals surface area contributed by atoms with Gasteiger partial charge in [0.1, 0.15) is 0 Å². The van der Waals surface area contributed by atoms with Crippen molar-refractivity contribution in [2.75, 3.05) is 14.2 Å². The second-order valence-electron chi connectivity index (χ2n) is 2.47. The average Bonchev–Trinajstić information content (AvgIpc) is 2.20. The van der Waals surface area contributed by atoms with E-state index >= 15 is 0 Å². The van der Waals surface area contributed by atoms with E-state index in [1.54, 1.807) is 26.4 Å². The number of rotatable bonds is 3. The van der Waals surface area contributed by atoms with Crippen molar-refractivity contribution >= 4 is 24.7 Å². The van der Waals surface area contributed by atoms with Gasteiger partial charge < -0.3 is 15.2 Å². The largest absolute Gasteiger partial charge is 0.493 e. The molecule has 5 heteroatoms. The Morgan fingerprint density at radius 3 is 2.36 bits per heavy atom. The van der Waals surface area contributed by atoms with Crippen LogP contribution in [0.3, 0.4) is 0 Å². The van der Waals surface area contributed by atoms with Crippen molar-refractivity contribution in [3.05, 3.63) is 12.1 Å². The minimum absolute atomic E-state index is 0.603. The van der Waals surface area contributed by atoms with E-state index < -0.39 is 0 Å². The van der Waals surface area contributed by atoms with Crippen molar-refractivity contribution < 1.29 is 9.47 Å². The van der Waals surface area contributed by atoms with Crippen LogP contribution < -0.4 is 15.2 Å². The highest BCUT2D eigenvalue weighted by Gasteiger charge is 2.07. The summed E-state index contributed by atoms with van der Waals surface area (Å²) in [6.45, 7) is 0. The fourth-order valence-corrected chi connectivity index (χ4v) is 1.28. The summed E-state index contributed by atoms with van der Waals surface area (Å²) in [5.41, 5.74) is 5.84. The smallest absolute Gasteiger partial charge is 0.162 e. The van der Waals surface area contributed by atoms with E-state index in [4.69, 9.17) is 15.2 Å². The zero-order valence-corrected chi connectivity index (χ0v) is 8.91. The molecule has 14 heavy (non-hydrogen) atoms. The maximum absolute atomic E-state index is 5.19. The van der Waals surface area contributed by atoms with Crippen LogP contribution in [-0.4, -0.2) is 20.6 Å². The summed E-state index contributed by atoms with van der Waals surface area (Å²) in [5.74, 6) is 1.22. The molecule has 0 aliphatic carbocycles. The van der Waals surface area contributed by atoms with E-state index in [0.29, 0.717) is 22.1 Å². The van der Waals surface area contributed by atoms with Gasteiger partial charge >= 0.3 is 0 Å². The SMILES string of the molecule is COc1cc(S)c(N=CN)cc1OC. The highest BCUT2D eigenvalue weighted by atomic mass is 32.1. The van der Waals surface area contributed by atoms with E-state index in [0.717, 1.165) is 0 Å². The summed E-state index contributed by atoms with van der Waals surface area (Å²) in [4.78, 5) is 4.62. The first-order valence-corrected chi connectivity index (χ1v) is 4.37. The van der Waals surface area contributed by atoms with Gasteiger partial charge in [-0.05, 0) is 6.07 Å². The number of benzene rings is 1. The van der Waals surface area contributed by atoms with E-state index in [-0.39, 0.29) is 0 Å². The van der Waals surface area contributed by atoms with Crippen molar-refractivity contribution in [1.82, 2.24) is 0 Å². The number of nitrogens with two attached hydrogens (primary N) is 1. The number of nitrogens with zero attached hydrogens (tertiary/aromatic N) is 1. The Bertz CT molecular complexity index is 353. The molecule has 0 spiro atoms. The first kappa shape index (κ1) is 10.7. The fourth-order valence-electron chi connectivity index (χ4n) is 1.04. The van der Waals surface area contributed by atoms with Gasteiger partial charge in [0.05, 0.1) is 26.2 Å². The van der Waals surface area contributed by atoms with Gasteiger partial charge in [-0.2, -0.15) is 0 Å². The Labute approximate surface area is 88.1 Å². The van der Waals surface area contributed by atoms with Crippen molar-refractivity contribution in [2.45, 2.75) is 4.90 Å². The third-order valence-corrected chi connectivity index (χ3v) is 2.05. The molecule has 76 valence electrons. The monoisotopic (exact) mass is 212 g/mol. The maximum Gasteiger partial charge on any atom is 0.162 e. The summed E-state index contributed by atoms with van der Waals surface area (Å²) in [6, 6.07) is 3.44. The van der Waals surface area contributed by atoms with Crippen LogP contribution in [0.5, 0.6) is 11.5 Å². The molecule has 0 bridgehead atoms. The molecule has 0 aromatic heterocycles.